The summed E-state index contributed by atoms with van der Waals surface area (Å²) in [6, 6.07) is 18.7. The van der Waals surface area contributed by atoms with Gasteiger partial charge in [0.05, 0.1) is 10.0 Å². The minimum Gasteiger partial charge on any atom is -0.484 e. The number of nitrogens with one attached hydrogen (secondary N) is 1. The Hall–Kier alpha value is -2.56. The van der Waals surface area contributed by atoms with Crippen LogP contribution in [0.1, 0.15) is 5.56 Å². The Morgan fingerprint density at radius 2 is 1.81 bits per heavy atom. The van der Waals surface area contributed by atoms with Crippen LogP contribution >= 0.6 is 23.2 Å². The number of rotatable bonds is 6. The number of halogens is 2. The lowest BCUT2D eigenvalue weighted by Crippen LogP contribution is -2.34. The minimum absolute atomic E-state index is 0.120. The number of amides is 1. The first-order valence-electron chi connectivity index (χ1n) is 8.01. The molecule has 1 aromatic heterocycles. The summed E-state index contributed by atoms with van der Waals surface area (Å²) in [5, 5.41) is 3.64. The van der Waals surface area contributed by atoms with E-state index in [2.05, 4.69) is 17.4 Å². The van der Waals surface area contributed by atoms with E-state index in [9.17, 15) is 4.79 Å². The highest BCUT2D eigenvalue weighted by atomic mass is 35.5. The molecule has 0 radical (unpaired) electrons. The molecule has 0 fully saturated rings. The van der Waals surface area contributed by atoms with Crippen molar-refractivity contribution in [3.8, 4) is 5.75 Å². The van der Waals surface area contributed by atoms with E-state index < -0.39 is 0 Å². The highest BCUT2D eigenvalue weighted by Crippen LogP contribution is 2.26. The summed E-state index contributed by atoms with van der Waals surface area (Å²) < 4.78 is 7.44. The molecule has 0 spiro atoms. The zero-order valence-corrected chi connectivity index (χ0v) is 15.4. The molecule has 0 saturated carbocycles. The lowest BCUT2D eigenvalue weighted by molar-refractivity contribution is -0.687. The Morgan fingerprint density at radius 1 is 1.00 bits per heavy atom. The fourth-order valence-corrected chi connectivity index (χ4v) is 2.69. The van der Waals surface area contributed by atoms with Gasteiger partial charge in [-0.15, -0.1) is 0 Å². The molecule has 26 heavy (non-hydrogen) atoms. The second-order valence-electron chi connectivity index (χ2n) is 5.66. The maximum absolute atomic E-state index is 12.1. The minimum atomic E-state index is -0.256. The van der Waals surface area contributed by atoms with Gasteiger partial charge in [-0.2, -0.15) is 4.57 Å². The van der Waals surface area contributed by atoms with Crippen molar-refractivity contribution in [2.24, 2.45) is 0 Å². The van der Waals surface area contributed by atoms with Gasteiger partial charge in [0.25, 0.3) is 5.91 Å². The van der Waals surface area contributed by atoms with Crippen molar-refractivity contribution in [1.82, 2.24) is 0 Å². The second-order valence-corrected chi connectivity index (χ2v) is 6.48. The van der Waals surface area contributed by atoms with Crippen LogP contribution in [0.3, 0.4) is 0 Å². The quantitative estimate of drug-likeness (QED) is 0.638. The summed E-state index contributed by atoms with van der Waals surface area (Å²) in [6.45, 7) is 0.607. The molecule has 0 saturated heterocycles. The van der Waals surface area contributed by atoms with Gasteiger partial charge in [0, 0.05) is 17.7 Å². The number of hydrogen-bond acceptors (Lipinski definition) is 2. The summed E-state index contributed by atoms with van der Waals surface area (Å²) in [4.78, 5) is 12.1. The van der Waals surface area contributed by atoms with Crippen LogP contribution in [-0.2, 0) is 11.3 Å². The van der Waals surface area contributed by atoms with Gasteiger partial charge < -0.3 is 10.1 Å². The lowest BCUT2D eigenvalue weighted by atomic mass is 10.2. The van der Waals surface area contributed by atoms with E-state index in [0.29, 0.717) is 21.5 Å². The van der Waals surface area contributed by atoms with E-state index in [0.717, 1.165) is 6.54 Å². The van der Waals surface area contributed by atoms with Crippen LogP contribution in [0.2, 0.25) is 10.0 Å². The summed E-state index contributed by atoms with van der Waals surface area (Å²) in [5.41, 5.74) is 1.88. The predicted octanol–water partition coefficient (Wildman–Crippen LogP) is 4.35. The number of benzene rings is 2. The Labute approximate surface area is 162 Å². The molecule has 0 aliphatic heterocycles. The first kappa shape index (κ1) is 18.2. The fourth-order valence-electron chi connectivity index (χ4n) is 2.40. The highest BCUT2D eigenvalue weighted by Gasteiger charge is 2.09. The van der Waals surface area contributed by atoms with Crippen molar-refractivity contribution in [1.29, 1.82) is 0 Å². The zero-order chi connectivity index (χ0) is 18.4. The van der Waals surface area contributed by atoms with Gasteiger partial charge in [-0.05, 0) is 18.2 Å². The van der Waals surface area contributed by atoms with Crippen LogP contribution in [0, 0.1) is 0 Å². The third kappa shape index (κ3) is 5.22. The van der Waals surface area contributed by atoms with Gasteiger partial charge in [0.15, 0.2) is 25.5 Å². The largest absolute Gasteiger partial charge is 0.484 e. The molecule has 0 atom stereocenters. The van der Waals surface area contributed by atoms with E-state index in [4.69, 9.17) is 27.9 Å². The molecule has 6 heteroatoms. The van der Waals surface area contributed by atoms with Gasteiger partial charge in [0.2, 0.25) is 0 Å². The van der Waals surface area contributed by atoms with E-state index in [1.165, 1.54) is 5.56 Å². The molecule has 132 valence electrons. The third-order valence-electron chi connectivity index (χ3n) is 3.61. The Balaban J connectivity index is 1.57. The molecular formula is C20H17Cl2N2O2+. The molecule has 0 aliphatic rings. The lowest BCUT2D eigenvalue weighted by Gasteiger charge is -2.08. The van der Waals surface area contributed by atoms with Gasteiger partial charge >= 0.3 is 0 Å². The van der Waals surface area contributed by atoms with E-state index >= 15 is 0 Å². The molecule has 1 N–H and O–H groups in total. The third-order valence-corrected chi connectivity index (χ3v) is 4.35. The monoisotopic (exact) mass is 387 g/mol. The molecule has 4 nitrogen and oxygen atoms in total. The van der Waals surface area contributed by atoms with Crippen LogP contribution in [0.5, 0.6) is 5.75 Å². The first-order chi connectivity index (χ1) is 12.6. The Bertz CT molecular complexity index is 901. The van der Waals surface area contributed by atoms with Gasteiger partial charge in [-0.25, -0.2) is 0 Å². The number of ether oxygens (including phenoxy) is 1. The van der Waals surface area contributed by atoms with Crippen LogP contribution in [0.4, 0.5) is 5.69 Å². The molecule has 1 amide bonds. The number of aromatic nitrogens is 1. The summed E-state index contributed by atoms with van der Waals surface area (Å²) >= 11 is 11.8. The first-order valence-corrected chi connectivity index (χ1v) is 8.76. The highest BCUT2D eigenvalue weighted by molar-refractivity contribution is 6.42. The van der Waals surface area contributed by atoms with Crippen molar-refractivity contribution < 1.29 is 14.1 Å². The number of anilines is 1. The van der Waals surface area contributed by atoms with E-state index in [1.54, 1.807) is 18.2 Å². The van der Waals surface area contributed by atoms with Gasteiger partial charge in [0.1, 0.15) is 11.4 Å². The van der Waals surface area contributed by atoms with Gasteiger partial charge in [-0.3, -0.25) is 4.79 Å². The summed E-state index contributed by atoms with van der Waals surface area (Å²) in [5.74, 6) is 0.232. The molecule has 1 heterocycles. The molecule has 3 rings (SSSR count). The maximum atomic E-state index is 12.1. The van der Waals surface area contributed by atoms with Crippen molar-refractivity contribution in [2.75, 3.05) is 11.9 Å². The van der Waals surface area contributed by atoms with Crippen molar-refractivity contribution in [2.45, 2.75) is 6.54 Å². The predicted molar refractivity (Wildman–Crippen MR) is 103 cm³/mol. The summed E-state index contributed by atoms with van der Waals surface area (Å²) in [7, 11) is 0. The molecule has 2 aromatic carbocycles. The second kappa shape index (κ2) is 8.70. The number of hydrogen-bond donors (Lipinski definition) is 1. The molecule has 0 bridgehead atoms. The van der Waals surface area contributed by atoms with Crippen LogP contribution in [0.15, 0.2) is 73.1 Å². The van der Waals surface area contributed by atoms with E-state index in [-0.39, 0.29) is 12.5 Å². The van der Waals surface area contributed by atoms with Crippen LogP contribution in [-0.4, -0.2) is 12.5 Å². The smallest absolute Gasteiger partial charge is 0.262 e. The average Bonchev–Trinajstić information content (AvgIpc) is 2.64. The van der Waals surface area contributed by atoms with Crippen molar-refractivity contribution >= 4 is 34.8 Å². The number of carbonyl (C=O) groups excluding carboxylic acids is 1. The van der Waals surface area contributed by atoms with Crippen molar-refractivity contribution in [3.63, 3.8) is 0 Å². The summed E-state index contributed by atoms with van der Waals surface area (Å²) in [6.07, 6.45) is 3.83. The zero-order valence-electron chi connectivity index (χ0n) is 13.9. The number of pyridine rings is 1. The molecular weight excluding hydrogens is 371 g/mol. The van der Waals surface area contributed by atoms with Crippen LogP contribution in [0.25, 0.3) is 0 Å². The maximum Gasteiger partial charge on any atom is 0.262 e. The number of nitrogens with zero attached hydrogens (tertiary/aromatic N) is 1. The van der Waals surface area contributed by atoms with E-state index in [1.807, 2.05) is 47.3 Å². The van der Waals surface area contributed by atoms with Crippen LogP contribution < -0.4 is 14.6 Å². The molecule has 3 aromatic rings. The topological polar surface area (TPSA) is 42.2 Å². The Morgan fingerprint density at radius 3 is 2.58 bits per heavy atom. The normalized spacial score (nSPS) is 10.4. The fraction of sp³-hybridized carbons (Fsp3) is 0.100. The average molecular weight is 388 g/mol. The number of carbonyl (C=O) groups is 1. The standard InChI is InChI=1S/C20H16Cl2N2O2/c21-18-9-8-17(11-19(18)22)26-14-20(25)23-16-7-4-10-24(13-16)12-15-5-2-1-3-6-15/h1-11,13H,12,14H2/p+1. The van der Waals surface area contributed by atoms with Gasteiger partial charge in [-0.1, -0.05) is 53.5 Å². The molecule has 0 unspecified atom stereocenters. The Kier molecular flexibility index (Phi) is 6.10. The molecule has 0 aliphatic carbocycles. The van der Waals surface area contributed by atoms with Crippen molar-refractivity contribution in [3.05, 3.63) is 88.7 Å². The SMILES string of the molecule is O=C(COc1ccc(Cl)c(Cl)c1)Nc1ccc[n+](Cc2ccccc2)c1.